The lowest BCUT2D eigenvalue weighted by Crippen LogP contribution is -2.30. The van der Waals surface area contributed by atoms with Gasteiger partial charge in [0.15, 0.2) is 0 Å². The van der Waals surface area contributed by atoms with E-state index in [9.17, 15) is 5.11 Å². The average Bonchev–Trinajstić information content (AvgIpc) is 3.16. The third-order valence-electron chi connectivity index (χ3n) is 3.67. The quantitative estimate of drug-likeness (QED) is 0.820. The zero-order valence-corrected chi connectivity index (χ0v) is 10.7. The van der Waals surface area contributed by atoms with Crippen molar-refractivity contribution in [3.63, 3.8) is 0 Å². The smallest absolute Gasteiger partial charge is 0.0835 e. The maximum Gasteiger partial charge on any atom is 0.0835 e. The summed E-state index contributed by atoms with van der Waals surface area (Å²) < 4.78 is 5.59. The molecule has 1 saturated carbocycles. The van der Waals surface area contributed by atoms with Crippen LogP contribution in [0.25, 0.3) is 0 Å². The minimum absolute atomic E-state index is 0.00119. The van der Waals surface area contributed by atoms with Crippen LogP contribution < -0.4 is 0 Å². The fourth-order valence-corrected chi connectivity index (χ4v) is 2.62. The number of hydrogen-bond acceptors (Lipinski definition) is 2. The van der Waals surface area contributed by atoms with E-state index in [0.717, 1.165) is 12.8 Å². The third kappa shape index (κ3) is 2.88. The number of rotatable bonds is 6. The Labute approximate surface area is 104 Å². The van der Waals surface area contributed by atoms with Crippen molar-refractivity contribution in [3.8, 4) is 0 Å². The van der Waals surface area contributed by atoms with Gasteiger partial charge in [-0.1, -0.05) is 37.3 Å². The molecule has 1 aromatic rings. The number of benzene rings is 1. The maximum absolute atomic E-state index is 10.3. The molecule has 1 aromatic carbocycles. The summed E-state index contributed by atoms with van der Waals surface area (Å²) in [6.07, 6.45) is 1.66. The van der Waals surface area contributed by atoms with Crippen LogP contribution in [0.2, 0.25) is 0 Å². The van der Waals surface area contributed by atoms with Gasteiger partial charge in [0, 0.05) is 6.61 Å². The Kier molecular flexibility index (Phi) is 4.19. The molecule has 4 atom stereocenters. The Morgan fingerprint density at radius 2 is 2.00 bits per heavy atom. The average molecular weight is 234 g/mol. The van der Waals surface area contributed by atoms with Gasteiger partial charge >= 0.3 is 0 Å². The molecule has 4 unspecified atom stereocenters. The van der Waals surface area contributed by atoms with E-state index in [2.05, 4.69) is 31.2 Å². The topological polar surface area (TPSA) is 29.5 Å². The number of aliphatic hydroxyl groups is 1. The molecule has 0 aromatic heterocycles. The Morgan fingerprint density at radius 3 is 2.59 bits per heavy atom. The summed E-state index contributed by atoms with van der Waals surface area (Å²) in [4.78, 5) is 0. The second kappa shape index (κ2) is 5.65. The first-order chi connectivity index (χ1) is 8.27. The molecule has 2 rings (SSSR count). The molecule has 2 heteroatoms. The molecule has 1 N–H and O–H groups in total. The summed E-state index contributed by atoms with van der Waals surface area (Å²) >= 11 is 0. The lowest BCUT2D eigenvalue weighted by molar-refractivity contribution is -0.0441. The van der Waals surface area contributed by atoms with E-state index in [1.54, 1.807) is 0 Å². The molecule has 0 saturated heterocycles. The van der Waals surface area contributed by atoms with Crippen LogP contribution in [0, 0.1) is 5.92 Å². The van der Waals surface area contributed by atoms with Crippen LogP contribution in [0.15, 0.2) is 30.3 Å². The number of ether oxygens (including phenoxy) is 1. The molecule has 0 aliphatic heterocycles. The molecule has 17 heavy (non-hydrogen) atoms. The molecule has 0 bridgehead atoms. The van der Waals surface area contributed by atoms with Gasteiger partial charge in [0.05, 0.1) is 12.2 Å². The summed E-state index contributed by atoms with van der Waals surface area (Å²) in [5.74, 6) is 0.912. The van der Waals surface area contributed by atoms with Crippen molar-refractivity contribution in [2.45, 2.75) is 44.8 Å². The SMILES string of the molecule is CCOC(CC)C(O)C1CC1c1ccccc1. The largest absolute Gasteiger partial charge is 0.390 e. The van der Waals surface area contributed by atoms with Crippen molar-refractivity contribution in [3.05, 3.63) is 35.9 Å². The van der Waals surface area contributed by atoms with E-state index in [4.69, 9.17) is 4.74 Å². The van der Waals surface area contributed by atoms with Crippen molar-refractivity contribution in [2.75, 3.05) is 6.61 Å². The Morgan fingerprint density at radius 1 is 1.29 bits per heavy atom. The molecular formula is C15H22O2. The second-order valence-corrected chi connectivity index (χ2v) is 4.81. The Bertz CT molecular complexity index is 336. The van der Waals surface area contributed by atoms with Gasteiger partial charge in [0.2, 0.25) is 0 Å². The molecule has 1 aliphatic carbocycles. The minimum Gasteiger partial charge on any atom is -0.390 e. The van der Waals surface area contributed by atoms with Crippen LogP contribution in [-0.4, -0.2) is 23.9 Å². The van der Waals surface area contributed by atoms with Gasteiger partial charge in [0.25, 0.3) is 0 Å². The summed E-state index contributed by atoms with van der Waals surface area (Å²) in [5.41, 5.74) is 1.35. The van der Waals surface area contributed by atoms with Crippen molar-refractivity contribution in [1.29, 1.82) is 0 Å². The molecule has 1 fully saturated rings. The van der Waals surface area contributed by atoms with Crippen molar-refractivity contribution < 1.29 is 9.84 Å². The van der Waals surface area contributed by atoms with Gasteiger partial charge in [-0.3, -0.25) is 0 Å². The van der Waals surface area contributed by atoms with Crippen molar-refractivity contribution >= 4 is 0 Å². The van der Waals surface area contributed by atoms with Gasteiger partial charge in [-0.05, 0) is 37.2 Å². The molecule has 0 heterocycles. The predicted molar refractivity (Wildman–Crippen MR) is 69.0 cm³/mol. The second-order valence-electron chi connectivity index (χ2n) is 4.81. The highest BCUT2D eigenvalue weighted by Crippen LogP contribution is 2.50. The van der Waals surface area contributed by atoms with E-state index >= 15 is 0 Å². The summed E-state index contributed by atoms with van der Waals surface area (Å²) in [5, 5.41) is 10.3. The first-order valence-corrected chi connectivity index (χ1v) is 6.62. The summed E-state index contributed by atoms with van der Waals surface area (Å²) in [6, 6.07) is 10.5. The zero-order valence-electron chi connectivity index (χ0n) is 10.7. The highest BCUT2D eigenvalue weighted by molar-refractivity contribution is 5.26. The van der Waals surface area contributed by atoms with Crippen LogP contribution >= 0.6 is 0 Å². The van der Waals surface area contributed by atoms with E-state index in [1.807, 2.05) is 13.0 Å². The third-order valence-corrected chi connectivity index (χ3v) is 3.67. The monoisotopic (exact) mass is 234 g/mol. The van der Waals surface area contributed by atoms with Crippen LogP contribution in [-0.2, 0) is 4.74 Å². The van der Waals surface area contributed by atoms with Crippen molar-refractivity contribution in [1.82, 2.24) is 0 Å². The van der Waals surface area contributed by atoms with Crippen molar-refractivity contribution in [2.24, 2.45) is 5.92 Å². The Hall–Kier alpha value is -0.860. The van der Waals surface area contributed by atoms with E-state index < -0.39 is 0 Å². The minimum atomic E-state index is -0.315. The van der Waals surface area contributed by atoms with Crippen LogP contribution in [0.1, 0.15) is 38.2 Å². The standard InChI is InChI=1S/C15H22O2/c1-3-14(17-4-2)15(16)13-10-12(13)11-8-6-5-7-9-11/h5-9,12-16H,3-4,10H2,1-2H3. The van der Waals surface area contributed by atoms with E-state index in [-0.39, 0.29) is 12.2 Å². The van der Waals surface area contributed by atoms with Gasteiger partial charge in [-0.2, -0.15) is 0 Å². The van der Waals surface area contributed by atoms with E-state index in [1.165, 1.54) is 5.56 Å². The summed E-state index contributed by atoms with van der Waals surface area (Å²) in [7, 11) is 0. The number of aliphatic hydroxyl groups excluding tert-OH is 1. The lowest BCUT2D eigenvalue weighted by atomic mass is 10.0. The van der Waals surface area contributed by atoms with Crippen LogP contribution in [0.5, 0.6) is 0 Å². The van der Waals surface area contributed by atoms with Crippen LogP contribution in [0.4, 0.5) is 0 Å². The van der Waals surface area contributed by atoms with Crippen LogP contribution in [0.3, 0.4) is 0 Å². The first kappa shape index (κ1) is 12.6. The molecule has 1 aliphatic rings. The van der Waals surface area contributed by atoms with Gasteiger partial charge in [0.1, 0.15) is 0 Å². The zero-order chi connectivity index (χ0) is 12.3. The first-order valence-electron chi connectivity index (χ1n) is 6.62. The molecule has 0 spiro atoms. The molecule has 0 radical (unpaired) electrons. The predicted octanol–water partition coefficient (Wildman–Crippen LogP) is 2.97. The van der Waals surface area contributed by atoms with Gasteiger partial charge in [-0.15, -0.1) is 0 Å². The van der Waals surface area contributed by atoms with E-state index in [0.29, 0.717) is 18.4 Å². The fourth-order valence-electron chi connectivity index (χ4n) is 2.62. The highest BCUT2D eigenvalue weighted by atomic mass is 16.5. The summed E-state index contributed by atoms with van der Waals surface area (Å²) in [6.45, 7) is 4.73. The fraction of sp³-hybridized carbons (Fsp3) is 0.600. The molecule has 0 amide bonds. The molecule has 94 valence electrons. The molecular weight excluding hydrogens is 212 g/mol. The number of hydrogen-bond donors (Lipinski definition) is 1. The normalized spacial score (nSPS) is 26.5. The Balaban J connectivity index is 1.93. The molecule has 2 nitrogen and oxygen atoms in total. The van der Waals surface area contributed by atoms with Gasteiger partial charge < -0.3 is 9.84 Å². The maximum atomic E-state index is 10.3. The van der Waals surface area contributed by atoms with Gasteiger partial charge in [-0.25, -0.2) is 0 Å². The lowest BCUT2D eigenvalue weighted by Gasteiger charge is -2.21. The highest BCUT2D eigenvalue weighted by Gasteiger charge is 2.45.